The van der Waals surface area contributed by atoms with Gasteiger partial charge in [-0.15, -0.1) is 0 Å². The van der Waals surface area contributed by atoms with Gasteiger partial charge in [-0.2, -0.15) is 0 Å². The molecule has 112 valence electrons. The number of esters is 1. The van der Waals surface area contributed by atoms with Crippen molar-refractivity contribution >= 4 is 25.7 Å². The molecule has 0 spiro atoms. The van der Waals surface area contributed by atoms with Crippen LogP contribution in [0.4, 0.5) is 0 Å². The van der Waals surface area contributed by atoms with Crippen molar-refractivity contribution in [2.24, 2.45) is 5.92 Å². The number of aryl methyl sites for hydroxylation is 1. The summed E-state index contributed by atoms with van der Waals surface area (Å²) >= 11 is 0. The van der Waals surface area contributed by atoms with Gasteiger partial charge in [0.2, 0.25) is 5.76 Å². The van der Waals surface area contributed by atoms with Gasteiger partial charge in [0.15, 0.2) is 0 Å². The summed E-state index contributed by atoms with van der Waals surface area (Å²) in [5.74, 6) is -0.299. The maximum absolute atomic E-state index is 11.8. The molecule has 1 aromatic rings. The topological polar surface area (TPSA) is 73.6 Å². The average molecular weight is 321 g/mol. The van der Waals surface area contributed by atoms with Crippen LogP contribution in [0.25, 0.3) is 0 Å². The van der Waals surface area contributed by atoms with Crippen LogP contribution in [0.1, 0.15) is 48.4 Å². The Hall–Kier alpha value is -1.01. The van der Waals surface area contributed by atoms with Crippen molar-refractivity contribution in [2.75, 3.05) is 6.61 Å². The van der Waals surface area contributed by atoms with E-state index in [1.165, 1.54) is 13.3 Å². The van der Waals surface area contributed by atoms with Gasteiger partial charge in [-0.05, 0) is 25.7 Å². The molecule has 1 fully saturated rings. The van der Waals surface area contributed by atoms with E-state index in [0.717, 1.165) is 31.7 Å². The van der Waals surface area contributed by atoms with Gasteiger partial charge < -0.3 is 9.15 Å². The first-order valence-corrected chi connectivity index (χ1v) is 8.91. The van der Waals surface area contributed by atoms with Crippen molar-refractivity contribution in [1.29, 1.82) is 0 Å². The quantitative estimate of drug-likeness (QED) is 0.629. The number of hydrogen-bond acceptors (Lipinski definition) is 5. The minimum atomic E-state index is -3.91. The predicted molar refractivity (Wildman–Crippen MR) is 73.3 cm³/mol. The lowest BCUT2D eigenvalue weighted by Gasteiger charge is -2.20. The van der Waals surface area contributed by atoms with E-state index in [0.29, 0.717) is 12.5 Å². The third-order valence-electron chi connectivity index (χ3n) is 3.51. The summed E-state index contributed by atoms with van der Waals surface area (Å²) in [5, 5.41) is 0. The van der Waals surface area contributed by atoms with Crippen LogP contribution in [0.2, 0.25) is 0 Å². The molecule has 0 amide bonds. The lowest BCUT2D eigenvalue weighted by Crippen LogP contribution is -2.16. The Kier molecular flexibility index (Phi) is 4.75. The van der Waals surface area contributed by atoms with Crippen molar-refractivity contribution in [3.63, 3.8) is 0 Å². The first kappa shape index (κ1) is 15.4. The van der Waals surface area contributed by atoms with Gasteiger partial charge in [-0.1, -0.05) is 19.3 Å². The van der Waals surface area contributed by atoms with Crippen molar-refractivity contribution in [3.05, 3.63) is 17.6 Å². The zero-order valence-electron chi connectivity index (χ0n) is 11.2. The molecule has 0 aromatic carbocycles. The summed E-state index contributed by atoms with van der Waals surface area (Å²) in [6, 6.07) is 1.11. The van der Waals surface area contributed by atoms with Gasteiger partial charge in [0.1, 0.15) is 10.7 Å². The summed E-state index contributed by atoms with van der Waals surface area (Å²) in [5.41, 5.74) is 0. The minimum Gasteiger partial charge on any atom is -0.460 e. The summed E-state index contributed by atoms with van der Waals surface area (Å²) in [6.07, 6.45) is 5.68. The monoisotopic (exact) mass is 320 g/mol. The number of ether oxygens (including phenoxy) is 1. The molecule has 2 rings (SSSR count). The Balaban J connectivity index is 1.99. The minimum absolute atomic E-state index is 0.0876. The van der Waals surface area contributed by atoms with Crippen LogP contribution in [0.5, 0.6) is 0 Å². The fourth-order valence-electron chi connectivity index (χ4n) is 2.43. The van der Waals surface area contributed by atoms with Crippen molar-refractivity contribution in [1.82, 2.24) is 0 Å². The number of hydrogen-bond donors (Lipinski definition) is 0. The lowest BCUT2D eigenvalue weighted by molar-refractivity contribution is 0.0373. The fraction of sp³-hybridized carbons (Fsp3) is 0.615. The second-order valence-electron chi connectivity index (χ2n) is 5.07. The molecule has 0 N–H and O–H groups in total. The highest BCUT2D eigenvalue weighted by Crippen LogP contribution is 2.26. The molecule has 0 aliphatic heterocycles. The van der Waals surface area contributed by atoms with E-state index >= 15 is 0 Å². The standard InChI is InChI=1S/C13H17ClO5S/c1-9-12(20(14,16)17)7-11(19-9)13(15)18-8-10-5-3-2-4-6-10/h7,10H,2-6,8H2,1H3. The molecule has 7 heteroatoms. The highest BCUT2D eigenvalue weighted by molar-refractivity contribution is 8.13. The summed E-state index contributed by atoms with van der Waals surface area (Å²) in [4.78, 5) is 11.6. The smallest absolute Gasteiger partial charge is 0.374 e. The van der Waals surface area contributed by atoms with E-state index in [2.05, 4.69) is 0 Å². The highest BCUT2D eigenvalue weighted by Gasteiger charge is 2.24. The summed E-state index contributed by atoms with van der Waals surface area (Å²) in [6.45, 7) is 1.79. The molecule has 1 aromatic heterocycles. The third kappa shape index (κ3) is 3.76. The fourth-order valence-corrected chi connectivity index (χ4v) is 3.52. The normalized spacial score (nSPS) is 17.1. The predicted octanol–water partition coefficient (Wildman–Crippen LogP) is 3.25. The zero-order valence-corrected chi connectivity index (χ0v) is 12.8. The van der Waals surface area contributed by atoms with E-state index in [9.17, 15) is 13.2 Å². The Labute approximate surface area is 122 Å². The number of halogens is 1. The van der Waals surface area contributed by atoms with Gasteiger partial charge in [0, 0.05) is 16.7 Å². The molecule has 1 heterocycles. The van der Waals surface area contributed by atoms with Gasteiger partial charge >= 0.3 is 5.97 Å². The van der Waals surface area contributed by atoms with Crippen LogP contribution < -0.4 is 0 Å². The molecular weight excluding hydrogens is 304 g/mol. The number of carbonyl (C=O) groups excluding carboxylic acids is 1. The van der Waals surface area contributed by atoms with Crippen LogP contribution in [-0.4, -0.2) is 21.0 Å². The highest BCUT2D eigenvalue weighted by atomic mass is 35.7. The number of furan rings is 1. The molecule has 1 aliphatic rings. The largest absolute Gasteiger partial charge is 0.460 e. The molecule has 0 atom stereocenters. The van der Waals surface area contributed by atoms with E-state index in [1.807, 2.05) is 0 Å². The van der Waals surface area contributed by atoms with E-state index in [1.54, 1.807) is 0 Å². The van der Waals surface area contributed by atoms with Gasteiger partial charge in [-0.3, -0.25) is 0 Å². The van der Waals surface area contributed by atoms with Gasteiger partial charge in [-0.25, -0.2) is 13.2 Å². The first-order valence-electron chi connectivity index (χ1n) is 6.60. The van der Waals surface area contributed by atoms with Crippen molar-refractivity contribution < 1.29 is 22.4 Å². The summed E-state index contributed by atoms with van der Waals surface area (Å²) < 4.78 is 32.8. The molecule has 0 unspecified atom stereocenters. The second-order valence-corrected chi connectivity index (χ2v) is 7.61. The van der Waals surface area contributed by atoms with Gasteiger partial charge in [0.05, 0.1) is 6.61 Å². The maximum atomic E-state index is 11.8. The molecule has 1 aliphatic carbocycles. The Morgan fingerprint density at radius 1 is 1.40 bits per heavy atom. The van der Waals surface area contributed by atoms with Crippen molar-refractivity contribution in [2.45, 2.75) is 43.9 Å². The first-order chi connectivity index (χ1) is 9.38. The van der Waals surface area contributed by atoms with Crippen molar-refractivity contribution in [3.8, 4) is 0 Å². The lowest BCUT2D eigenvalue weighted by atomic mass is 9.90. The SMILES string of the molecule is Cc1oc(C(=O)OCC2CCCCC2)cc1S(=O)(=O)Cl. The second kappa shape index (κ2) is 6.18. The van der Waals surface area contributed by atoms with E-state index < -0.39 is 15.0 Å². The molecule has 0 radical (unpaired) electrons. The molecule has 1 saturated carbocycles. The average Bonchev–Trinajstić information content (AvgIpc) is 2.79. The van der Waals surface area contributed by atoms with Crippen LogP contribution in [0, 0.1) is 12.8 Å². The Morgan fingerprint density at radius 2 is 2.05 bits per heavy atom. The number of rotatable bonds is 4. The third-order valence-corrected chi connectivity index (χ3v) is 4.94. The maximum Gasteiger partial charge on any atom is 0.374 e. The molecule has 20 heavy (non-hydrogen) atoms. The zero-order chi connectivity index (χ0) is 14.8. The Morgan fingerprint density at radius 3 is 2.60 bits per heavy atom. The van der Waals surface area contributed by atoms with Gasteiger partial charge in [0.25, 0.3) is 9.05 Å². The molecular formula is C13H17ClO5S. The van der Waals surface area contributed by atoms with Crippen LogP contribution in [0.3, 0.4) is 0 Å². The summed E-state index contributed by atoms with van der Waals surface area (Å²) in [7, 11) is 1.33. The number of carbonyl (C=O) groups is 1. The van der Waals surface area contributed by atoms with Crippen LogP contribution in [0.15, 0.2) is 15.4 Å². The van der Waals surface area contributed by atoms with E-state index in [4.69, 9.17) is 19.8 Å². The Bertz CT molecular complexity index is 584. The van der Waals surface area contributed by atoms with E-state index in [-0.39, 0.29) is 16.4 Å². The van der Waals surface area contributed by atoms with Crippen LogP contribution >= 0.6 is 10.7 Å². The van der Waals surface area contributed by atoms with Crippen LogP contribution in [-0.2, 0) is 13.8 Å². The molecule has 5 nitrogen and oxygen atoms in total. The molecule has 0 saturated heterocycles. The molecule has 0 bridgehead atoms.